The van der Waals surface area contributed by atoms with Crippen molar-refractivity contribution in [2.24, 2.45) is 11.7 Å². The van der Waals surface area contributed by atoms with Gasteiger partial charge in [-0.25, -0.2) is 9.18 Å². The second kappa shape index (κ2) is 8.73. The van der Waals surface area contributed by atoms with Crippen LogP contribution < -0.4 is 11.1 Å². The van der Waals surface area contributed by atoms with Crippen LogP contribution in [-0.2, 0) is 11.0 Å². The number of benzene rings is 2. The Morgan fingerprint density at radius 2 is 1.67 bits per heavy atom. The van der Waals surface area contributed by atoms with Gasteiger partial charge in [0, 0.05) is 19.0 Å². The van der Waals surface area contributed by atoms with Gasteiger partial charge < -0.3 is 16.0 Å². The van der Waals surface area contributed by atoms with E-state index in [-0.39, 0.29) is 11.5 Å². The molecule has 1 aliphatic rings. The molecule has 0 saturated carbocycles. The number of hydrogen-bond donors (Lipinski definition) is 2. The van der Waals surface area contributed by atoms with E-state index in [1.807, 2.05) is 0 Å². The second-order valence-corrected chi connectivity index (χ2v) is 7.22. The third kappa shape index (κ3) is 5.08. The maximum atomic E-state index is 13.3. The molecule has 3 N–H and O–H groups in total. The summed E-state index contributed by atoms with van der Waals surface area (Å²) in [5.41, 5.74) is 5.10. The number of nitrogens with one attached hydrogen (secondary N) is 1. The van der Waals surface area contributed by atoms with Gasteiger partial charge >= 0.3 is 12.2 Å². The van der Waals surface area contributed by atoms with Crippen LogP contribution in [0.15, 0.2) is 48.5 Å². The fourth-order valence-corrected chi connectivity index (χ4v) is 3.53. The van der Waals surface area contributed by atoms with Crippen molar-refractivity contribution in [2.75, 3.05) is 13.1 Å². The Kier molecular flexibility index (Phi) is 6.28. The molecule has 0 radical (unpaired) electrons. The first-order chi connectivity index (χ1) is 14.1. The molecule has 1 heterocycles. The molecule has 2 aromatic carbocycles. The van der Waals surface area contributed by atoms with Crippen LogP contribution in [0.25, 0.3) is 0 Å². The highest BCUT2D eigenvalue weighted by molar-refractivity contribution is 5.80. The lowest BCUT2D eigenvalue weighted by Gasteiger charge is -2.31. The number of nitrogens with zero attached hydrogens (tertiary/aromatic N) is 1. The minimum atomic E-state index is -4.53. The number of hydrogen-bond acceptors (Lipinski definition) is 2. The number of halogens is 4. The van der Waals surface area contributed by atoms with Crippen LogP contribution >= 0.6 is 0 Å². The Balaban J connectivity index is 1.85. The van der Waals surface area contributed by atoms with Crippen molar-refractivity contribution in [3.8, 4) is 0 Å². The number of likely N-dealkylation sites (tertiary alicyclic amines) is 1. The molecule has 1 aliphatic heterocycles. The molecular weight excluding hydrogens is 402 g/mol. The lowest BCUT2D eigenvalue weighted by Crippen LogP contribution is -2.45. The van der Waals surface area contributed by atoms with Gasteiger partial charge in [-0.3, -0.25) is 4.79 Å². The van der Waals surface area contributed by atoms with Gasteiger partial charge in [0.15, 0.2) is 0 Å². The van der Waals surface area contributed by atoms with E-state index in [4.69, 9.17) is 5.73 Å². The summed E-state index contributed by atoms with van der Waals surface area (Å²) >= 11 is 0. The predicted molar refractivity (Wildman–Crippen MR) is 102 cm³/mol. The number of primary amides is 1. The largest absolute Gasteiger partial charge is 0.416 e. The molecule has 2 aromatic rings. The van der Waals surface area contributed by atoms with E-state index >= 15 is 0 Å². The summed E-state index contributed by atoms with van der Waals surface area (Å²) < 4.78 is 52.8. The molecule has 1 unspecified atom stereocenters. The SMILES string of the molecule is NC(=O)N1CCC(C(=O)NC(c2ccc(F)cc2)c2cccc(C(F)(F)F)c2)CC1. The van der Waals surface area contributed by atoms with Crippen molar-refractivity contribution in [3.05, 3.63) is 71.0 Å². The fourth-order valence-electron chi connectivity index (χ4n) is 3.53. The number of piperidine rings is 1. The molecule has 3 rings (SSSR count). The Morgan fingerprint density at radius 3 is 2.23 bits per heavy atom. The van der Waals surface area contributed by atoms with Crippen LogP contribution in [0.1, 0.15) is 35.6 Å². The number of alkyl halides is 3. The molecule has 30 heavy (non-hydrogen) atoms. The van der Waals surface area contributed by atoms with Crippen LogP contribution in [0.3, 0.4) is 0 Å². The van der Waals surface area contributed by atoms with Gasteiger partial charge in [-0.05, 0) is 48.2 Å². The van der Waals surface area contributed by atoms with E-state index in [1.54, 1.807) is 0 Å². The molecule has 1 saturated heterocycles. The van der Waals surface area contributed by atoms with Crippen LogP contribution in [0, 0.1) is 11.7 Å². The zero-order valence-corrected chi connectivity index (χ0v) is 16.0. The summed E-state index contributed by atoms with van der Waals surface area (Å²) in [7, 11) is 0. The van der Waals surface area contributed by atoms with Crippen molar-refractivity contribution in [3.63, 3.8) is 0 Å². The van der Waals surface area contributed by atoms with E-state index in [0.29, 0.717) is 31.5 Å². The molecule has 9 heteroatoms. The highest BCUT2D eigenvalue weighted by Gasteiger charge is 2.32. The summed E-state index contributed by atoms with van der Waals surface area (Å²) in [6, 6.07) is 8.48. The van der Waals surface area contributed by atoms with Crippen molar-refractivity contribution in [2.45, 2.75) is 25.1 Å². The second-order valence-electron chi connectivity index (χ2n) is 7.22. The van der Waals surface area contributed by atoms with E-state index in [9.17, 15) is 27.2 Å². The monoisotopic (exact) mass is 423 g/mol. The molecule has 0 spiro atoms. The summed E-state index contributed by atoms with van der Waals surface area (Å²) in [6.45, 7) is 0.663. The minimum Gasteiger partial charge on any atom is -0.351 e. The van der Waals surface area contributed by atoms with Crippen LogP contribution in [0.2, 0.25) is 0 Å². The normalized spacial score (nSPS) is 16.2. The van der Waals surface area contributed by atoms with E-state index in [0.717, 1.165) is 12.1 Å². The maximum Gasteiger partial charge on any atom is 0.416 e. The number of urea groups is 1. The molecule has 1 fully saturated rings. The molecule has 0 aliphatic carbocycles. The van der Waals surface area contributed by atoms with Crippen molar-refractivity contribution >= 4 is 11.9 Å². The average Bonchev–Trinajstić information content (AvgIpc) is 2.72. The van der Waals surface area contributed by atoms with Crippen molar-refractivity contribution in [1.29, 1.82) is 0 Å². The molecule has 160 valence electrons. The lowest BCUT2D eigenvalue weighted by atomic mass is 9.93. The third-order valence-electron chi connectivity index (χ3n) is 5.21. The zero-order valence-electron chi connectivity index (χ0n) is 16.0. The molecule has 0 bridgehead atoms. The summed E-state index contributed by atoms with van der Waals surface area (Å²) in [5.74, 6) is -1.24. The molecule has 0 aromatic heterocycles. The van der Waals surface area contributed by atoms with Gasteiger partial charge in [0.2, 0.25) is 5.91 Å². The predicted octanol–water partition coefficient (Wildman–Crippen LogP) is 3.84. The minimum absolute atomic E-state index is 0.236. The quantitative estimate of drug-likeness (QED) is 0.734. The number of amides is 3. The van der Waals surface area contributed by atoms with E-state index in [1.165, 1.54) is 41.3 Å². The van der Waals surface area contributed by atoms with Gasteiger partial charge in [-0.1, -0.05) is 24.3 Å². The number of nitrogens with two attached hydrogens (primary N) is 1. The topological polar surface area (TPSA) is 75.4 Å². The highest BCUT2D eigenvalue weighted by Crippen LogP contribution is 2.32. The van der Waals surface area contributed by atoms with Crippen LogP contribution in [0.5, 0.6) is 0 Å². The van der Waals surface area contributed by atoms with Gasteiger partial charge in [0.25, 0.3) is 0 Å². The maximum absolute atomic E-state index is 13.3. The molecule has 3 amide bonds. The fraction of sp³-hybridized carbons (Fsp3) is 0.333. The highest BCUT2D eigenvalue weighted by atomic mass is 19.4. The van der Waals surface area contributed by atoms with Gasteiger partial charge in [-0.2, -0.15) is 13.2 Å². The Morgan fingerprint density at radius 1 is 1.03 bits per heavy atom. The van der Waals surface area contributed by atoms with Crippen LogP contribution in [0.4, 0.5) is 22.4 Å². The summed E-state index contributed by atoms with van der Waals surface area (Å²) in [6.07, 6.45) is -3.74. The molecule has 1 atom stereocenters. The molecule has 5 nitrogen and oxygen atoms in total. The zero-order chi connectivity index (χ0) is 21.9. The summed E-state index contributed by atoms with van der Waals surface area (Å²) in [4.78, 5) is 25.5. The number of carbonyl (C=O) groups is 2. The van der Waals surface area contributed by atoms with Crippen molar-refractivity contribution < 1.29 is 27.2 Å². The van der Waals surface area contributed by atoms with Gasteiger partial charge in [-0.15, -0.1) is 0 Å². The van der Waals surface area contributed by atoms with Gasteiger partial charge in [0.1, 0.15) is 5.82 Å². The first kappa shape index (κ1) is 21.6. The Labute approximate surface area is 170 Å². The molecular formula is C21H21F4N3O2. The average molecular weight is 423 g/mol. The Hall–Kier alpha value is -3.10. The Bertz CT molecular complexity index is 907. The standard InChI is InChI=1S/C21H21F4N3O2/c22-17-6-4-13(5-7-17)18(15-2-1-3-16(12-15)21(23,24)25)27-19(29)14-8-10-28(11-9-14)20(26)30/h1-7,12,14,18H,8-11H2,(H2,26,30)(H,27,29). The van der Waals surface area contributed by atoms with Gasteiger partial charge in [0.05, 0.1) is 11.6 Å². The number of carbonyl (C=O) groups excluding carboxylic acids is 2. The van der Waals surface area contributed by atoms with Crippen LogP contribution in [-0.4, -0.2) is 29.9 Å². The van der Waals surface area contributed by atoms with E-state index in [2.05, 4.69) is 5.32 Å². The first-order valence-electron chi connectivity index (χ1n) is 9.42. The summed E-state index contributed by atoms with van der Waals surface area (Å²) in [5, 5.41) is 2.80. The first-order valence-corrected chi connectivity index (χ1v) is 9.42. The lowest BCUT2D eigenvalue weighted by molar-refractivity contribution is -0.137. The smallest absolute Gasteiger partial charge is 0.351 e. The van der Waals surface area contributed by atoms with E-state index < -0.39 is 35.5 Å². The number of rotatable bonds is 4. The third-order valence-corrected chi connectivity index (χ3v) is 5.21. The van der Waals surface area contributed by atoms with Crippen molar-refractivity contribution in [1.82, 2.24) is 10.2 Å².